The van der Waals surface area contributed by atoms with Crippen molar-refractivity contribution in [2.24, 2.45) is 23.7 Å². The maximum absolute atomic E-state index is 11.0. The summed E-state index contributed by atoms with van der Waals surface area (Å²) in [7, 11) is 0. The highest BCUT2D eigenvalue weighted by molar-refractivity contribution is 5.98. The number of hydrogen-bond acceptors (Lipinski definition) is 4. The molecule has 8 aromatic rings. The Bertz CT molecular complexity index is 2890. The molecular formula is C54H40N4. The summed E-state index contributed by atoms with van der Waals surface area (Å²) in [5.41, 5.74) is 13.4. The molecule has 58 heavy (non-hydrogen) atoms. The number of benzene rings is 7. The Morgan fingerprint density at radius 1 is 0.448 bits per heavy atom. The summed E-state index contributed by atoms with van der Waals surface area (Å²) in [6, 6.07) is 58.7. The van der Waals surface area contributed by atoms with Crippen molar-refractivity contribution in [3.05, 3.63) is 174 Å². The van der Waals surface area contributed by atoms with Crippen LogP contribution in [0.25, 0.3) is 78.3 Å². The molecule has 4 nitrogen and oxygen atoms in total. The Balaban J connectivity index is 1.03. The number of aromatic nitrogens is 3. The Kier molecular flexibility index (Phi) is 7.45. The highest BCUT2D eigenvalue weighted by Gasteiger charge is 2.62. The molecule has 0 amide bonds. The van der Waals surface area contributed by atoms with Gasteiger partial charge in [0.2, 0.25) is 0 Å². The van der Waals surface area contributed by atoms with Crippen molar-refractivity contribution < 1.29 is 0 Å². The monoisotopic (exact) mass is 744 g/mol. The Morgan fingerprint density at radius 3 is 1.71 bits per heavy atom. The van der Waals surface area contributed by atoms with Gasteiger partial charge in [0.15, 0.2) is 17.5 Å². The van der Waals surface area contributed by atoms with E-state index in [9.17, 15) is 5.26 Å². The maximum atomic E-state index is 11.0. The predicted octanol–water partition coefficient (Wildman–Crippen LogP) is 13.0. The molecule has 13 rings (SSSR count). The van der Waals surface area contributed by atoms with Gasteiger partial charge in [-0.25, -0.2) is 15.0 Å². The summed E-state index contributed by atoms with van der Waals surface area (Å²) in [5, 5.41) is 13.6. The fourth-order valence-electron chi connectivity index (χ4n) is 12.0. The number of nitrogens with zero attached hydrogens (tertiary/aromatic N) is 4. The van der Waals surface area contributed by atoms with Gasteiger partial charge in [-0.15, -0.1) is 0 Å². The molecule has 7 aromatic carbocycles. The molecule has 1 spiro atoms. The van der Waals surface area contributed by atoms with Crippen molar-refractivity contribution in [2.75, 3.05) is 0 Å². The molecule has 5 aliphatic rings. The molecule has 1 aromatic heterocycles. The van der Waals surface area contributed by atoms with Crippen molar-refractivity contribution >= 4 is 10.8 Å². The van der Waals surface area contributed by atoms with Crippen LogP contribution in [0.15, 0.2) is 158 Å². The molecule has 1 heterocycles. The Morgan fingerprint density at radius 2 is 1.02 bits per heavy atom. The minimum atomic E-state index is -0.110. The number of rotatable bonds is 5. The van der Waals surface area contributed by atoms with E-state index >= 15 is 0 Å². The van der Waals surface area contributed by atoms with Gasteiger partial charge in [0.05, 0.1) is 11.6 Å². The minimum absolute atomic E-state index is 0.110. The highest BCUT2D eigenvalue weighted by atomic mass is 15.0. The second kappa shape index (κ2) is 12.9. The van der Waals surface area contributed by atoms with Crippen LogP contribution in [-0.2, 0) is 5.41 Å². The lowest BCUT2D eigenvalue weighted by molar-refractivity contribution is -0.0399. The quantitative estimate of drug-likeness (QED) is 0.176. The molecule has 4 fully saturated rings. The third-order valence-electron chi connectivity index (χ3n) is 14.1. The zero-order valence-electron chi connectivity index (χ0n) is 32.1. The largest absolute Gasteiger partial charge is 0.208 e. The van der Waals surface area contributed by atoms with Crippen molar-refractivity contribution in [2.45, 2.75) is 37.5 Å². The van der Waals surface area contributed by atoms with Gasteiger partial charge >= 0.3 is 0 Å². The Hall–Kier alpha value is -6.70. The zero-order chi connectivity index (χ0) is 38.4. The highest BCUT2D eigenvalue weighted by Crippen LogP contribution is 2.70. The molecular weight excluding hydrogens is 705 g/mol. The smallest absolute Gasteiger partial charge is 0.164 e. The molecule has 0 saturated heterocycles. The molecule has 4 heteroatoms. The van der Waals surface area contributed by atoms with Gasteiger partial charge < -0.3 is 0 Å². The molecule has 4 saturated carbocycles. The van der Waals surface area contributed by atoms with E-state index in [2.05, 4.69) is 103 Å². The summed E-state index contributed by atoms with van der Waals surface area (Å²) in [5.74, 6) is 4.68. The van der Waals surface area contributed by atoms with Crippen LogP contribution in [-0.4, -0.2) is 15.0 Å². The average molecular weight is 745 g/mol. The Labute approximate surface area is 338 Å². The molecule has 0 unspecified atom stereocenters. The summed E-state index contributed by atoms with van der Waals surface area (Å²) >= 11 is 0. The van der Waals surface area contributed by atoms with Crippen LogP contribution in [0, 0.1) is 35.0 Å². The summed E-state index contributed by atoms with van der Waals surface area (Å²) < 4.78 is 0. The van der Waals surface area contributed by atoms with E-state index in [1.165, 1.54) is 70.7 Å². The zero-order valence-corrected chi connectivity index (χ0v) is 32.1. The fourth-order valence-corrected chi connectivity index (χ4v) is 12.0. The molecule has 0 radical (unpaired) electrons. The number of nitriles is 1. The van der Waals surface area contributed by atoms with Crippen LogP contribution in [0.3, 0.4) is 0 Å². The first-order valence-electron chi connectivity index (χ1n) is 20.8. The van der Waals surface area contributed by atoms with Gasteiger partial charge in [0, 0.05) is 27.7 Å². The number of hydrogen-bond donors (Lipinski definition) is 0. The molecule has 5 aliphatic carbocycles. The fraction of sp³-hybridized carbons (Fsp3) is 0.185. The lowest BCUT2D eigenvalue weighted by Gasteiger charge is -2.61. The lowest BCUT2D eigenvalue weighted by atomic mass is 9.43. The van der Waals surface area contributed by atoms with E-state index in [4.69, 9.17) is 15.0 Å². The van der Waals surface area contributed by atoms with Gasteiger partial charge in [-0.05, 0) is 130 Å². The van der Waals surface area contributed by atoms with Crippen LogP contribution in [0.2, 0.25) is 0 Å². The van der Waals surface area contributed by atoms with Gasteiger partial charge in [-0.2, -0.15) is 5.26 Å². The second-order valence-corrected chi connectivity index (χ2v) is 17.1. The summed E-state index contributed by atoms with van der Waals surface area (Å²) in [6.07, 6.45) is 6.50. The topological polar surface area (TPSA) is 62.5 Å². The first-order valence-corrected chi connectivity index (χ1v) is 20.8. The minimum Gasteiger partial charge on any atom is -0.208 e. The third kappa shape index (κ3) is 5.02. The van der Waals surface area contributed by atoms with Crippen molar-refractivity contribution in [1.82, 2.24) is 15.0 Å². The van der Waals surface area contributed by atoms with E-state index in [1.807, 2.05) is 60.7 Å². The van der Waals surface area contributed by atoms with Crippen LogP contribution >= 0.6 is 0 Å². The van der Waals surface area contributed by atoms with Crippen LogP contribution in [0.5, 0.6) is 0 Å². The second-order valence-electron chi connectivity index (χ2n) is 17.1. The average Bonchev–Trinajstić information content (AvgIpc) is 3.58. The van der Waals surface area contributed by atoms with Crippen LogP contribution in [0.1, 0.15) is 48.8 Å². The van der Waals surface area contributed by atoms with Gasteiger partial charge in [-0.1, -0.05) is 133 Å². The van der Waals surface area contributed by atoms with E-state index < -0.39 is 0 Å². The summed E-state index contributed by atoms with van der Waals surface area (Å²) in [6.45, 7) is 0. The molecule has 0 N–H and O–H groups in total. The van der Waals surface area contributed by atoms with Crippen molar-refractivity contribution in [3.63, 3.8) is 0 Å². The molecule has 0 atom stereocenters. The van der Waals surface area contributed by atoms with Gasteiger partial charge in [0.25, 0.3) is 0 Å². The van der Waals surface area contributed by atoms with Crippen molar-refractivity contribution in [1.29, 1.82) is 5.26 Å². The third-order valence-corrected chi connectivity index (χ3v) is 14.1. The van der Waals surface area contributed by atoms with Crippen LogP contribution in [0.4, 0.5) is 0 Å². The summed E-state index contributed by atoms with van der Waals surface area (Å²) in [4.78, 5) is 15.0. The van der Waals surface area contributed by atoms with Crippen molar-refractivity contribution in [3.8, 4) is 73.6 Å². The maximum Gasteiger partial charge on any atom is 0.164 e. The normalized spacial score (nSPS) is 22.2. The van der Waals surface area contributed by atoms with Crippen LogP contribution < -0.4 is 0 Å². The van der Waals surface area contributed by atoms with E-state index in [0.717, 1.165) is 50.8 Å². The molecule has 276 valence electrons. The molecule has 4 bridgehead atoms. The van der Waals surface area contributed by atoms with E-state index in [1.54, 1.807) is 0 Å². The predicted molar refractivity (Wildman–Crippen MR) is 232 cm³/mol. The van der Waals surface area contributed by atoms with E-state index in [0.29, 0.717) is 29.3 Å². The van der Waals surface area contributed by atoms with Gasteiger partial charge in [0.1, 0.15) is 0 Å². The van der Waals surface area contributed by atoms with Gasteiger partial charge in [-0.3, -0.25) is 0 Å². The molecule has 0 aliphatic heterocycles. The first kappa shape index (κ1) is 33.4. The standard InChI is InChI=1S/C54H40N4/c55-32-42-29-41(38-17-9-18-40(28-38)53-57-51(36-12-3-1-4-13-36)56-52(58-53)37-14-5-2-6-15-37)31-49-50(42)47-22-21-39(46-20-10-16-35-11-7-8-19-45(35)46)30-48(47)54(49)43-24-33-23-34(26-43)27-44(54)25-33/h1-22,28-31,33-34,43-44H,23-27H2. The SMILES string of the molecule is N#Cc1cc(-c2cccc(-c3nc(-c4ccccc4)nc(-c4ccccc4)n3)c2)cc2c1-c1ccc(-c3cccc4ccccc34)cc1C21C2CC3CC(C2)CC1C3. The van der Waals surface area contributed by atoms with E-state index in [-0.39, 0.29) is 5.41 Å². The first-order chi connectivity index (χ1) is 28.6. The lowest BCUT2D eigenvalue weighted by Crippen LogP contribution is -2.55. The number of fused-ring (bicyclic) bond motifs is 4.